The molecule has 0 aromatic heterocycles. The van der Waals surface area contributed by atoms with Crippen LogP contribution < -0.4 is 0 Å². The summed E-state index contributed by atoms with van der Waals surface area (Å²) in [5, 5.41) is 10.6. The minimum atomic E-state index is -1.24. The van der Waals surface area contributed by atoms with Crippen LogP contribution in [-0.4, -0.2) is 58.0 Å². The Labute approximate surface area is 109 Å². The molecule has 0 aromatic carbocycles. The highest BCUT2D eigenvalue weighted by molar-refractivity contribution is 5.72. The molecule has 2 rings (SSSR count). The van der Waals surface area contributed by atoms with Gasteiger partial charge in [-0.2, -0.15) is 0 Å². The van der Waals surface area contributed by atoms with Crippen molar-refractivity contribution < 1.29 is 14.6 Å². The summed E-state index contributed by atoms with van der Waals surface area (Å²) in [6.07, 6.45) is 1.59. The molecular formula is C13H24N2O3. The zero-order chi connectivity index (χ0) is 13.6. The summed E-state index contributed by atoms with van der Waals surface area (Å²) in [4.78, 5) is 15.9. The van der Waals surface area contributed by atoms with Gasteiger partial charge in [-0.05, 0) is 46.7 Å². The molecular weight excluding hydrogens is 232 g/mol. The number of hydrogen-bond acceptors (Lipinski definition) is 4. The molecule has 1 N–H and O–H groups in total. The summed E-state index contributed by atoms with van der Waals surface area (Å²) in [5.41, 5.74) is -2.11. The second kappa shape index (κ2) is 4.38. The number of ether oxygens (including phenoxy) is 1. The number of hydrogen-bond donors (Lipinski definition) is 1. The predicted molar refractivity (Wildman–Crippen MR) is 68.2 cm³/mol. The van der Waals surface area contributed by atoms with E-state index >= 15 is 0 Å². The Morgan fingerprint density at radius 3 is 2.61 bits per heavy atom. The van der Waals surface area contributed by atoms with E-state index in [-0.39, 0.29) is 6.04 Å². The van der Waals surface area contributed by atoms with Crippen molar-refractivity contribution in [2.45, 2.75) is 57.9 Å². The van der Waals surface area contributed by atoms with E-state index in [1.165, 1.54) is 4.90 Å². The smallest absolute Gasteiger partial charge is 0.413 e. The van der Waals surface area contributed by atoms with Crippen molar-refractivity contribution in [1.29, 1.82) is 0 Å². The molecule has 2 aliphatic heterocycles. The van der Waals surface area contributed by atoms with Gasteiger partial charge in [-0.15, -0.1) is 0 Å². The predicted octanol–water partition coefficient (Wildman–Crippen LogP) is 1.41. The number of likely N-dealkylation sites (N-methyl/N-ethyl adjacent to an activating group) is 1. The van der Waals surface area contributed by atoms with E-state index in [2.05, 4.69) is 11.8 Å². The first-order chi connectivity index (χ1) is 8.29. The average Bonchev–Trinajstić information content (AvgIpc) is 2.43. The van der Waals surface area contributed by atoms with Gasteiger partial charge in [-0.1, -0.05) is 6.92 Å². The quantitative estimate of drug-likeness (QED) is 0.811. The summed E-state index contributed by atoms with van der Waals surface area (Å²) in [6.45, 7) is 10.2. The summed E-state index contributed by atoms with van der Waals surface area (Å²) in [7, 11) is 0. The maximum absolute atomic E-state index is 12.0. The van der Waals surface area contributed by atoms with E-state index in [0.29, 0.717) is 0 Å². The van der Waals surface area contributed by atoms with Gasteiger partial charge in [0.2, 0.25) is 0 Å². The van der Waals surface area contributed by atoms with Gasteiger partial charge >= 0.3 is 6.09 Å². The third kappa shape index (κ3) is 1.99. The number of cyclic esters (lactones) is 1. The molecule has 0 unspecified atom stereocenters. The number of carbonyl (C=O) groups is 1. The molecule has 2 atom stereocenters. The molecule has 2 saturated heterocycles. The normalized spacial score (nSPS) is 36.8. The van der Waals surface area contributed by atoms with Crippen LogP contribution in [0.4, 0.5) is 4.79 Å². The van der Waals surface area contributed by atoms with Crippen LogP contribution in [-0.2, 0) is 4.74 Å². The van der Waals surface area contributed by atoms with Crippen molar-refractivity contribution in [3.63, 3.8) is 0 Å². The van der Waals surface area contributed by atoms with Crippen LogP contribution in [0.5, 0.6) is 0 Å². The molecule has 5 nitrogen and oxygen atoms in total. The number of rotatable bonds is 2. The molecule has 18 heavy (non-hydrogen) atoms. The molecule has 0 bridgehead atoms. The zero-order valence-electron chi connectivity index (χ0n) is 11.8. The number of amides is 1. The van der Waals surface area contributed by atoms with Crippen LogP contribution in [0.2, 0.25) is 0 Å². The molecule has 2 fully saturated rings. The minimum Gasteiger partial charge on any atom is -0.438 e. The van der Waals surface area contributed by atoms with E-state index < -0.39 is 17.4 Å². The van der Waals surface area contributed by atoms with Crippen LogP contribution in [0.1, 0.15) is 40.5 Å². The minimum absolute atomic E-state index is 0.0444. The first-order valence-electron chi connectivity index (χ1n) is 6.76. The van der Waals surface area contributed by atoms with Crippen molar-refractivity contribution in [1.82, 2.24) is 9.80 Å². The third-order valence-corrected chi connectivity index (χ3v) is 4.44. The molecule has 2 heterocycles. The van der Waals surface area contributed by atoms with Gasteiger partial charge in [0, 0.05) is 6.54 Å². The van der Waals surface area contributed by atoms with Crippen LogP contribution in [0, 0.1) is 0 Å². The van der Waals surface area contributed by atoms with E-state index in [1.54, 1.807) is 20.8 Å². The van der Waals surface area contributed by atoms with Crippen molar-refractivity contribution in [3.05, 3.63) is 0 Å². The Bertz CT molecular complexity index is 341. The average molecular weight is 256 g/mol. The molecule has 0 spiro atoms. The molecule has 5 heteroatoms. The van der Waals surface area contributed by atoms with Crippen LogP contribution in [0.15, 0.2) is 0 Å². The van der Waals surface area contributed by atoms with Crippen LogP contribution >= 0.6 is 0 Å². The Morgan fingerprint density at radius 1 is 1.44 bits per heavy atom. The zero-order valence-corrected chi connectivity index (χ0v) is 11.8. The summed E-state index contributed by atoms with van der Waals surface area (Å²) in [6, 6.07) is 0.0444. The first-order valence-corrected chi connectivity index (χ1v) is 6.76. The maximum Gasteiger partial charge on any atom is 0.413 e. The lowest BCUT2D eigenvalue weighted by Gasteiger charge is -2.42. The second-order valence-electron chi connectivity index (χ2n) is 5.96. The topological polar surface area (TPSA) is 53.0 Å². The van der Waals surface area contributed by atoms with Gasteiger partial charge in [-0.25, -0.2) is 4.79 Å². The fraction of sp³-hybridized carbons (Fsp3) is 0.923. The molecule has 1 amide bonds. The Hall–Kier alpha value is -0.810. The Morgan fingerprint density at radius 2 is 2.11 bits per heavy atom. The number of aliphatic hydroxyl groups is 1. The Balaban J connectivity index is 2.19. The lowest BCUT2D eigenvalue weighted by atomic mass is 9.93. The van der Waals surface area contributed by atoms with Gasteiger partial charge in [0.15, 0.2) is 11.3 Å². The largest absolute Gasteiger partial charge is 0.438 e. The molecule has 0 aromatic rings. The standard InChI is InChI=1S/C13H24N2O3/c1-5-14-8-6-7-10(9-14)15-11(16)18-12(2,3)13(15,4)17/h10,17H,5-9H2,1-4H3/t10-,13-/m1/s1. The van der Waals surface area contributed by atoms with Crippen LogP contribution in [0.3, 0.4) is 0 Å². The molecule has 104 valence electrons. The number of nitrogens with zero attached hydrogens (tertiary/aromatic N) is 2. The van der Waals surface area contributed by atoms with Gasteiger partial charge in [0.1, 0.15) is 0 Å². The lowest BCUT2D eigenvalue weighted by molar-refractivity contribution is -0.141. The highest BCUT2D eigenvalue weighted by Crippen LogP contribution is 2.39. The van der Waals surface area contributed by atoms with Gasteiger partial charge in [-0.3, -0.25) is 4.90 Å². The van der Waals surface area contributed by atoms with Gasteiger partial charge in [0.05, 0.1) is 6.04 Å². The van der Waals surface area contributed by atoms with E-state index in [0.717, 1.165) is 32.5 Å². The van der Waals surface area contributed by atoms with E-state index in [9.17, 15) is 9.90 Å². The summed E-state index contributed by atoms with van der Waals surface area (Å²) < 4.78 is 5.32. The maximum atomic E-state index is 12.0. The lowest BCUT2D eigenvalue weighted by Crippen LogP contribution is -2.60. The number of carbonyl (C=O) groups excluding carboxylic acids is 1. The summed E-state index contributed by atoms with van der Waals surface area (Å²) >= 11 is 0. The van der Waals surface area contributed by atoms with Crippen molar-refractivity contribution in [2.75, 3.05) is 19.6 Å². The SMILES string of the molecule is CCN1CCC[C@@H](N2C(=O)OC(C)(C)[C@@]2(C)O)C1. The van der Waals surface area contributed by atoms with Crippen LogP contribution in [0.25, 0.3) is 0 Å². The van der Waals surface area contributed by atoms with Gasteiger partial charge < -0.3 is 14.7 Å². The number of likely N-dealkylation sites (tertiary alicyclic amines) is 1. The van der Waals surface area contributed by atoms with E-state index in [4.69, 9.17) is 4.74 Å². The monoisotopic (exact) mass is 256 g/mol. The highest BCUT2D eigenvalue weighted by Gasteiger charge is 2.58. The van der Waals surface area contributed by atoms with Crippen molar-refractivity contribution in [2.24, 2.45) is 0 Å². The van der Waals surface area contributed by atoms with Gasteiger partial charge in [0.25, 0.3) is 0 Å². The Kier molecular flexibility index (Phi) is 3.32. The first kappa shape index (κ1) is 13.6. The highest BCUT2D eigenvalue weighted by atomic mass is 16.6. The van der Waals surface area contributed by atoms with Crippen molar-refractivity contribution in [3.8, 4) is 0 Å². The third-order valence-electron chi connectivity index (χ3n) is 4.44. The molecule has 0 radical (unpaired) electrons. The van der Waals surface area contributed by atoms with Crippen molar-refractivity contribution >= 4 is 6.09 Å². The molecule has 0 saturated carbocycles. The molecule has 2 aliphatic rings. The fourth-order valence-electron chi connectivity index (χ4n) is 2.87. The second-order valence-corrected chi connectivity index (χ2v) is 5.96. The number of piperidine rings is 1. The fourth-order valence-corrected chi connectivity index (χ4v) is 2.87. The van der Waals surface area contributed by atoms with E-state index in [1.807, 2.05) is 0 Å². The molecule has 0 aliphatic carbocycles. The summed E-state index contributed by atoms with van der Waals surface area (Å²) in [5.74, 6) is 0.